The number of H-pyrrole nitrogens is 2. The topological polar surface area (TPSA) is 116 Å². The van der Waals surface area contributed by atoms with Gasteiger partial charge in [-0.1, -0.05) is 24.3 Å². The van der Waals surface area contributed by atoms with E-state index in [9.17, 15) is 0 Å². The Morgan fingerprint density at radius 3 is 1.41 bits per heavy atom. The van der Waals surface area contributed by atoms with Crippen LogP contribution in [-0.2, 0) is 5.54 Å². The van der Waals surface area contributed by atoms with E-state index in [-0.39, 0.29) is 6.54 Å². The van der Waals surface area contributed by atoms with Gasteiger partial charge in [-0.15, -0.1) is 0 Å². The van der Waals surface area contributed by atoms with E-state index in [1.165, 1.54) is 0 Å². The van der Waals surface area contributed by atoms with Crippen LogP contribution < -0.4 is 21.3 Å². The van der Waals surface area contributed by atoms with Crippen molar-refractivity contribution in [2.45, 2.75) is 5.54 Å². The first kappa shape index (κ1) is 21.6. The zero-order valence-corrected chi connectivity index (χ0v) is 18.9. The zero-order valence-electron chi connectivity index (χ0n) is 18.9. The largest absolute Gasteiger partial charge is 0.378 e. The highest BCUT2D eigenvalue weighted by atomic mass is 15.2. The van der Waals surface area contributed by atoms with Crippen LogP contribution in [0.1, 0.15) is 11.4 Å². The number of hydrogen-bond donors (Lipinski definition) is 4. The number of anilines is 2. The van der Waals surface area contributed by atoms with E-state index in [4.69, 9.17) is 11.5 Å². The Balaban J connectivity index is 1.62. The number of hydrogen-bond acceptors (Lipinski definition) is 6. The molecular weight excluding hydrogens is 400 g/mol. The number of nitrogens with zero attached hydrogens (tertiary/aromatic N) is 4. The van der Waals surface area contributed by atoms with Crippen LogP contribution in [0, 0.1) is 0 Å². The smallest absolute Gasteiger partial charge is 0.112 e. The lowest BCUT2D eigenvalue weighted by atomic mass is 9.91. The average Bonchev–Trinajstić information content (AvgIpc) is 3.50. The Hall–Kier alpha value is -3.62. The van der Waals surface area contributed by atoms with E-state index in [0.717, 1.165) is 45.3 Å². The second-order valence-electron chi connectivity index (χ2n) is 8.39. The molecule has 166 valence electrons. The predicted molar refractivity (Wildman–Crippen MR) is 131 cm³/mol. The summed E-state index contributed by atoms with van der Waals surface area (Å²) in [5.41, 5.74) is 19.3. The monoisotopic (exact) mass is 430 g/mol. The van der Waals surface area contributed by atoms with Gasteiger partial charge >= 0.3 is 0 Å². The highest BCUT2D eigenvalue weighted by Crippen LogP contribution is 2.30. The number of aromatic amines is 2. The summed E-state index contributed by atoms with van der Waals surface area (Å²) in [4.78, 5) is 4.12. The molecule has 2 aromatic carbocycles. The molecule has 0 aliphatic rings. The first-order chi connectivity index (χ1) is 15.3. The van der Waals surface area contributed by atoms with Gasteiger partial charge in [-0.3, -0.25) is 10.2 Å². The minimum atomic E-state index is -0.969. The number of rotatable bonds is 7. The molecule has 8 nitrogen and oxygen atoms in total. The Morgan fingerprint density at radius 1 is 0.719 bits per heavy atom. The van der Waals surface area contributed by atoms with Gasteiger partial charge in [0.1, 0.15) is 5.54 Å². The van der Waals surface area contributed by atoms with Gasteiger partial charge in [-0.25, -0.2) is 0 Å². The maximum atomic E-state index is 6.77. The van der Waals surface area contributed by atoms with Crippen molar-refractivity contribution in [1.82, 2.24) is 20.4 Å². The molecule has 8 heteroatoms. The molecule has 2 aromatic heterocycles. The molecule has 0 amide bonds. The lowest BCUT2D eigenvalue weighted by Crippen LogP contribution is -2.45. The average molecular weight is 431 g/mol. The van der Waals surface area contributed by atoms with Crippen molar-refractivity contribution in [2.24, 2.45) is 11.5 Å². The molecule has 32 heavy (non-hydrogen) atoms. The van der Waals surface area contributed by atoms with E-state index in [2.05, 4.69) is 54.5 Å². The predicted octanol–water partition coefficient (Wildman–Crippen LogP) is 2.76. The van der Waals surface area contributed by atoms with E-state index in [1.807, 2.05) is 64.6 Å². The molecule has 4 rings (SSSR count). The van der Waals surface area contributed by atoms with Gasteiger partial charge in [0.15, 0.2) is 0 Å². The highest BCUT2D eigenvalue weighted by Gasteiger charge is 2.33. The molecule has 0 aliphatic heterocycles. The molecule has 0 unspecified atom stereocenters. The summed E-state index contributed by atoms with van der Waals surface area (Å²) in [6.07, 6.45) is 0. The van der Waals surface area contributed by atoms with Crippen molar-refractivity contribution in [2.75, 3.05) is 44.5 Å². The minimum absolute atomic E-state index is 0.190. The van der Waals surface area contributed by atoms with Crippen LogP contribution in [-0.4, -0.2) is 55.1 Å². The van der Waals surface area contributed by atoms with Crippen LogP contribution >= 0.6 is 0 Å². The minimum Gasteiger partial charge on any atom is -0.378 e. The van der Waals surface area contributed by atoms with E-state index in [0.29, 0.717) is 0 Å². The van der Waals surface area contributed by atoms with Gasteiger partial charge in [-0.05, 0) is 36.4 Å². The summed E-state index contributed by atoms with van der Waals surface area (Å²) in [6.45, 7) is 0.190. The van der Waals surface area contributed by atoms with Gasteiger partial charge in [-0.2, -0.15) is 10.2 Å². The summed E-state index contributed by atoms with van der Waals surface area (Å²) in [7, 11) is 8.06. The molecule has 0 atom stereocenters. The molecule has 6 N–H and O–H groups in total. The van der Waals surface area contributed by atoms with E-state index >= 15 is 0 Å². The van der Waals surface area contributed by atoms with Crippen LogP contribution in [0.2, 0.25) is 0 Å². The fourth-order valence-electron chi connectivity index (χ4n) is 3.62. The summed E-state index contributed by atoms with van der Waals surface area (Å²) in [6, 6.07) is 20.3. The number of aromatic nitrogens is 4. The lowest BCUT2D eigenvalue weighted by Gasteiger charge is -2.24. The molecule has 0 spiro atoms. The maximum absolute atomic E-state index is 6.77. The van der Waals surface area contributed by atoms with Crippen LogP contribution in [0.25, 0.3) is 22.5 Å². The van der Waals surface area contributed by atoms with Gasteiger partial charge in [0, 0.05) is 57.2 Å². The van der Waals surface area contributed by atoms with Crippen LogP contribution in [0.15, 0.2) is 60.7 Å². The van der Waals surface area contributed by atoms with Crippen molar-refractivity contribution >= 4 is 11.4 Å². The van der Waals surface area contributed by atoms with Crippen molar-refractivity contribution in [3.05, 3.63) is 72.1 Å². The molecule has 0 saturated carbocycles. The first-order valence-corrected chi connectivity index (χ1v) is 10.5. The van der Waals surface area contributed by atoms with Gasteiger partial charge in [0.05, 0.1) is 22.8 Å². The molecule has 0 fully saturated rings. The number of nitrogens with two attached hydrogens (primary N) is 2. The third-order valence-electron chi connectivity index (χ3n) is 5.80. The summed E-state index contributed by atoms with van der Waals surface area (Å²) in [5.74, 6) is 0. The molecule has 4 aromatic rings. The number of benzene rings is 2. The van der Waals surface area contributed by atoms with Gasteiger partial charge in [0.25, 0.3) is 0 Å². The second-order valence-corrected chi connectivity index (χ2v) is 8.39. The standard InChI is InChI=1S/C24H30N8/c1-31(2)18-9-5-16(6-10-18)20-13-22(29-27-20)24(26,15-25)23-14-21(28-30-23)17-7-11-19(12-8-17)32(3)4/h5-14H,15,25-26H2,1-4H3,(H,27,29)(H,28,30). The quantitative estimate of drug-likeness (QED) is 0.358. The third kappa shape index (κ3) is 3.98. The van der Waals surface area contributed by atoms with E-state index < -0.39 is 5.54 Å². The molecule has 0 aliphatic carbocycles. The van der Waals surface area contributed by atoms with Crippen molar-refractivity contribution in [1.29, 1.82) is 0 Å². The lowest BCUT2D eigenvalue weighted by molar-refractivity contribution is 0.515. The van der Waals surface area contributed by atoms with E-state index in [1.54, 1.807) is 0 Å². The normalized spacial score (nSPS) is 11.6. The fourth-order valence-corrected chi connectivity index (χ4v) is 3.62. The summed E-state index contributed by atoms with van der Waals surface area (Å²) >= 11 is 0. The van der Waals surface area contributed by atoms with Crippen molar-refractivity contribution in [3.63, 3.8) is 0 Å². The third-order valence-corrected chi connectivity index (χ3v) is 5.80. The Labute approximate surface area is 188 Å². The van der Waals surface area contributed by atoms with Crippen LogP contribution in [0.4, 0.5) is 11.4 Å². The molecule has 0 bridgehead atoms. The Bertz CT molecular complexity index is 1080. The summed E-state index contributed by atoms with van der Waals surface area (Å²) < 4.78 is 0. The fraction of sp³-hybridized carbons (Fsp3) is 0.250. The maximum Gasteiger partial charge on any atom is 0.112 e. The summed E-state index contributed by atoms with van der Waals surface area (Å²) in [5, 5.41) is 15.1. The Morgan fingerprint density at radius 2 is 1.09 bits per heavy atom. The molecular formula is C24H30N8. The van der Waals surface area contributed by atoms with Crippen LogP contribution in [0.3, 0.4) is 0 Å². The highest BCUT2D eigenvalue weighted by molar-refractivity contribution is 5.65. The SMILES string of the molecule is CN(C)c1ccc(-c2cc(C(N)(CN)c3cc(-c4ccc(N(C)C)cc4)n[nH]3)[nH]n2)cc1. The molecule has 0 radical (unpaired) electrons. The zero-order chi connectivity index (χ0) is 22.9. The Kier molecular flexibility index (Phi) is 5.73. The van der Waals surface area contributed by atoms with Crippen molar-refractivity contribution in [3.8, 4) is 22.5 Å². The van der Waals surface area contributed by atoms with Crippen LogP contribution in [0.5, 0.6) is 0 Å². The molecule has 2 heterocycles. The number of nitrogens with one attached hydrogen (secondary N) is 2. The van der Waals surface area contributed by atoms with Crippen molar-refractivity contribution < 1.29 is 0 Å². The van der Waals surface area contributed by atoms with Gasteiger partial charge < -0.3 is 21.3 Å². The molecule has 0 saturated heterocycles. The van der Waals surface area contributed by atoms with Gasteiger partial charge in [0.2, 0.25) is 0 Å². The second kappa shape index (κ2) is 8.49. The first-order valence-electron chi connectivity index (χ1n) is 10.5.